The second-order valence-corrected chi connectivity index (χ2v) is 6.58. The third-order valence-corrected chi connectivity index (χ3v) is 4.99. The average Bonchev–Trinajstić information content (AvgIpc) is 2.47. The maximum absolute atomic E-state index is 6.43. The van der Waals surface area contributed by atoms with Gasteiger partial charge in [-0.1, -0.05) is 6.92 Å². The van der Waals surface area contributed by atoms with E-state index < -0.39 is 0 Å². The molecule has 0 aromatic heterocycles. The molecule has 3 atom stereocenters. The SMILES string of the molecule is CCC1(C)CC2(CCO1)C[C@@H](N)c1cc(OC)ccc1O2. The van der Waals surface area contributed by atoms with E-state index >= 15 is 0 Å². The van der Waals surface area contributed by atoms with E-state index in [0.717, 1.165) is 49.4 Å². The van der Waals surface area contributed by atoms with E-state index in [1.807, 2.05) is 18.2 Å². The van der Waals surface area contributed by atoms with Gasteiger partial charge < -0.3 is 19.9 Å². The first-order chi connectivity index (χ1) is 9.99. The third kappa shape index (κ3) is 2.62. The summed E-state index contributed by atoms with van der Waals surface area (Å²) in [6.45, 7) is 5.08. The summed E-state index contributed by atoms with van der Waals surface area (Å²) in [6, 6.07) is 5.89. The van der Waals surface area contributed by atoms with Gasteiger partial charge in [-0.2, -0.15) is 0 Å². The van der Waals surface area contributed by atoms with Crippen molar-refractivity contribution in [3.05, 3.63) is 23.8 Å². The van der Waals surface area contributed by atoms with Gasteiger partial charge in [0, 0.05) is 30.9 Å². The largest absolute Gasteiger partial charge is 0.497 e. The Labute approximate surface area is 126 Å². The number of benzene rings is 1. The van der Waals surface area contributed by atoms with Crippen LogP contribution in [0.3, 0.4) is 0 Å². The number of rotatable bonds is 2. The summed E-state index contributed by atoms with van der Waals surface area (Å²) in [5.74, 6) is 1.73. The summed E-state index contributed by atoms with van der Waals surface area (Å²) in [4.78, 5) is 0. The number of fused-ring (bicyclic) bond motifs is 1. The zero-order valence-electron chi connectivity index (χ0n) is 13.1. The topological polar surface area (TPSA) is 53.7 Å². The molecule has 1 spiro atoms. The highest BCUT2D eigenvalue weighted by Gasteiger charge is 2.47. The van der Waals surface area contributed by atoms with Crippen LogP contribution in [0.4, 0.5) is 0 Å². The van der Waals surface area contributed by atoms with Gasteiger partial charge in [0.2, 0.25) is 0 Å². The standard InChI is InChI=1S/C17H25NO3/c1-4-16(2)11-17(7-8-20-16)10-14(18)13-9-12(19-3)5-6-15(13)21-17/h5-6,9,14H,4,7-8,10-11,18H2,1-3H3/t14-,16?,17?/m1/s1. The van der Waals surface area contributed by atoms with Gasteiger partial charge in [-0.3, -0.25) is 0 Å². The van der Waals surface area contributed by atoms with E-state index in [0.29, 0.717) is 0 Å². The molecule has 2 unspecified atom stereocenters. The summed E-state index contributed by atoms with van der Waals surface area (Å²) in [5, 5.41) is 0. The molecule has 0 saturated carbocycles. The molecule has 116 valence electrons. The number of nitrogens with two attached hydrogens (primary N) is 1. The van der Waals surface area contributed by atoms with E-state index in [4.69, 9.17) is 19.9 Å². The number of methoxy groups -OCH3 is 1. The number of ether oxygens (including phenoxy) is 3. The highest BCUT2D eigenvalue weighted by molar-refractivity contribution is 5.44. The molecule has 1 fully saturated rings. The normalized spacial score (nSPS) is 35.1. The lowest BCUT2D eigenvalue weighted by Gasteiger charge is -2.49. The maximum atomic E-state index is 6.43. The minimum atomic E-state index is -0.190. The molecule has 1 saturated heterocycles. The molecule has 2 heterocycles. The molecule has 1 aromatic rings. The lowest BCUT2D eigenvalue weighted by Crippen LogP contribution is -2.53. The zero-order chi connectivity index (χ0) is 15.1. The molecule has 4 heteroatoms. The van der Waals surface area contributed by atoms with Crippen LogP contribution in [0.25, 0.3) is 0 Å². The highest BCUT2D eigenvalue weighted by Crippen LogP contribution is 2.47. The summed E-state index contributed by atoms with van der Waals surface area (Å²) < 4.78 is 17.7. The molecule has 0 radical (unpaired) electrons. The summed E-state index contributed by atoms with van der Waals surface area (Å²) in [5.41, 5.74) is 7.18. The fourth-order valence-corrected chi connectivity index (χ4v) is 3.61. The van der Waals surface area contributed by atoms with Crippen LogP contribution in [0.1, 0.15) is 51.1 Å². The first kappa shape index (κ1) is 14.7. The molecule has 2 aliphatic heterocycles. The van der Waals surface area contributed by atoms with Gasteiger partial charge in [0.15, 0.2) is 0 Å². The Hall–Kier alpha value is -1.26. The molecule has 0 bridgehead atoms. The van der Waals surface area contributed by atoms with Crippen molar-refractivity contribution in [3.8, 4) is 11.5 Å². The lowest BCUT2D eigenvalue weighted by molar-refractivity contribution is -0.151. The van der Waals surface area contributed by atoms with Gasteiger partial charge in [-0.15, -0.1) is 0 Å². The van der Waals surface area contributed by atoms with Crippen LogP contribution in [-0.2, 0) is 4.74 Å². The molecule has 1 aromatic carbocycles. The van der Waals surface area contributed by atoms with Gasteiger partial charge >= 0.3 is 0 Å². The second-order valence-electron chi connectivity index (χ2n) is 6.58. The summed E-state index contributed by atoms with van der Waals surface area (Å²) in [7, 11) is 1.67. The molecule has 0 aliphatic carbocycles. The lowest BCUT2D eigenvalue weighted by atomic mass is 9.75. The van der Waals surface area contributed by atoms with Crippen molar-refractivity contribution < 1.29 is 14.2 Å². The summed E-state index contributed by atoms with van der Waals surface area (Å²) >= 11 is 0. The van der Waals surface area contributed by atoms with Crippen LogP contribution >= 0.6 is 0 Å². The van der Waals surface area contributed by atoms with Crippen LogP contribution in [0.15, 0.2) is 18.2 Å². The molecule has 2 N–H and O–H groups in total. The van der Waals surface area contributed by atoms with Crippen LogP contribution in [0, 0.1) is 0 Å². The van der Waals surface area contributed by atoms with Crippen molar-refractivity contribution >= 4 is 0 Å². The van der Waals surface area contributed by atoms with Gasteiger partial charge in [0.25, 0.3) is 0 Å². The average molecular weight is 291 g/mol. The van der Waals surface area contributed by atoms with Crippen LogP contribution in [0.5, 0.6) is 11.5 Å². The Morgan fingerprint density at radius 1 is 1.43 bits per heavy atom. The molecule has 2 aliphatic rings. The molecule has 4 nitrogen and oxygen atoms in total. The zero-order valence-corrected chi connectivity index (χ0v) is 13.1. The van der Waals surface area contributed by atoms with Gasteiger partial charge in [-0.05, 0) is 31.5 Å². The minimum Gasteiger partial charge on any atom is -0.497 e. The Morgan fingerprint density at radius 2 is 2.24 bits per heavy atom. The van der Waals surface area contributed by atoms with Crippen LogP contribution in [0.2, 0.25) is 0 Å². The fourth-order valence-electron chi connectivity index (χ4n) is 3.61. The predicted octanol–water partition coefficient (Wildman–Crippen LogP) is 3.20. The maximum Gasteiger partial charge on any atom is 0.125 e. The van der Waals surface area contributed by atoms with E-state index in [2.05, 4.69) is 13.8 Å². The van der Waals surface area contributed by atoms with Gasteiger partial charge in [0.05, 0.1) is 19.3 Å². The Balaban J connectivity index is 1.91. The van der Waals surface area contributed by atoms with E-state index in [1.54, 1.807) is 7.11 Å². The minimum absolute atomic E-state index is 0.0111. The molecule has 21 heavy (non-hydrogen) atoms. The van der Waals surface area contributed by atoms with Crippen molar-refractivity contribution in [2.75, 3.05) is 13.7 Å². The first-order valence-electron chi connectivity index (χ1n) is 7.76. The Morgan fingerprint density at radius 3 is 2.95 bits per heavy atom. The predicted molar refractivity (Wildman–Crippen MR) is 81.8 cm³/mol. The van der Waals surface area contributed by atoms with Crippen molar-refractivity contribution in [1.29, 1.82) is 0 Å². The third-order valence-electron chi connectivity index (χ3n) is 4.99. The Kier molecular flexibility index (Phi) is 3.62. The fraction of sp³-hybridized carbons (Fsp3) is 0.647. The van der Waals surface area contributed by atoms with Gasteiger partial charge in [0.1, 0.15) is 17.1 Å². The molecule has 0 amide bonds. The molecule has 3 rings (SSSR count). The monoisotopic (exact) mass is 291 g/mol. The van der Waals surface area contributed by atoms with E-state index in [9.17, 15) is 0 Å². The Bertz CT molecular complexity index is 533. The quantitative estimate of drug-likeness (QED) is 0.909. The van der Waals surface area contributed by atoms with E-state index in [-0.39, 0.29) is 17.2 Å². The van der Waals surface area contributed by atoms with Crippen molar-refractivity contribution in [1.82, 2.24) is 0 Å². The van der Waals surface area contributed by atoms with Crippen LogP contribution < -0.4 is 15.2 Å². The van der Waals surface area contributed by atoms with Crippen molar-refractivity contribution in [3.63, 3.8) is 0 Å². The molecular weight excluding hydrogens is 266 g/mol. The van der Waals surface area contributed by atoms with Gasteiger partial charge in [-0.25, -0.2) is 0 Å². The van der Waals surface area contributed by atoms with Crippen molar-refractivity contribution in [2.45, 2.75) is 56.8 Å². The van der Waals surface area contributed by atoms with E-state index in [1.165, 1.54) is 0 Å². The molecular formula is C17H25NO3. The number of hydrogen-bond donors (Lipinski definition) is 1. The first-order valence-corrected chi connectivity index (χ1v) is 7.76. The summed E-state index contributed by atoms with van der Waals surface area (Å²) in [6.07, 6.45) is 3.63. The number of hydrogen-bond acceptors (Lipinski definition) is 4. The highest BCUT2D eigenvalue weighted by atomic mass is 16.5. The smallest absolute Gasteiger partial charge is 0.125 e. The second kappa shape index (κ2) is 5.18. The van der Waals surface area contributed by atoms with Crippen LogP contribution in [-0.4, -0.2) is 24.9 Å². The van der Waals surface area contributed by atoms with Crippen molar-refractivity contribution in [2.24, 2.45) is 5.73 Å².